The van der Waals surface area contributed by atoms with Crippen molar-refractivity contribution >= 4 is 26.7 Å². The first kappa shape index (κ1) is 21.5. The van der Waals surface area contributed by atoms with Crippen LogP contribution in [0, 0.1) is 0 Å². The van der Waals surface area contributed by atoms with E-state index in [1.165, 1.54) is 0 Å². The molecule has 1 fully saturated rings. The van der Waals surface area contributed by atoms with E-state index in [0.29, 0.717) is 18.4 Å². The van der Waals surface area contributed by atoms with Gasteiger partial charge in [0.25, 0.3) is 5.91 Å². The lowest BCUT2D eigenvalue weighted by Crippen LogP contribution is -2.38. The number of aliphatic hydroxyl groups is 1. The first-order valence-corrected chi connectivity index (χ1v) is 12.0. The Morgan fingerprint density at radius 2 is 1.58 bits per heavy atom. The molecule has 0 saturated heterocycles. The number of nitrogens with one attached hydrogen (secondary N) is 2. The van der Waals surface area contributed by atoms with E-state index in [1.807, 2.05) is 24.3 Å². The molecule has 1 aliphatic carbocycles. The maximum Gasteiger partial charge on any atom is 0.251 e. The molecule has 162 valence electrons. The van der Waals surface area contributed by atoms with Crippen LogP contribution in [0.25, 0.3) is 10.8 Å². The van der Waals surface area contributed by atoms with E-state index in [0.717, 1.165) is 29.2 Å². The Labute approximate surface area is 182 Å². The summed E-state index contributed by atoms with van der Waals surface area (Å²) in [6.07, 6.45) is 2.72. The fourth-order valence-corrected chi connectivity index (χ4v) is 4.91. The molecule has 31 heavy (non-hydrogen) atoms. The molecule has 3 N–H and O–H groups in total. The number of hydrogen-bond donors (Lipinski definition) is 3. The van der Waals surface area contributed by atoms with Crippen molar-refractivity contribution in [2.45, 2.75) is 49.3 Å². The summed E-state index contributed by atoms with van der Waals surface area (Å²) in [4.78, 5) is 12.7. The van der Waals surface area contributed by atoms with Crippen molar-refractivity contribution in [1.29, 1.82) is 0 Å². The highest BCUT2D eigenvalue weighted by molar-refractivity contribution is 7.89. The van der Waals surface area contributed by atoms with E-state index >= 15 is 0 Å². The molecule has 0 atom stereocenters. The Hall–Kier alpha value is -2.74. The van der Waals surface area contributed by atoms with E-state index < -0.39 is 10.0 Å². The highest BCUT2D eigenvalue weighted by atomic mass is 32.2. The molecular weight excluding hydrogens is 412 g/mol. The van der Waals surface area contributed by atoms with E-state index in [1.54, 1.807) is 42.5 Å². The van der Waals surface area contributed by atoms with Crippen molar-refractivity contribution in [2.75, 3.05) is 0 Å². The minimum atomic E-state index is -3.65. The molecule has 0 aliphatic heterocycles. The van der Waals surface area contributed by atoms with Crippen LogP contribution in [-0.2, 0) is 16.6 Å². The predicted molar refractivity (Wildman–Crippen MR) is 120 cm³/mol. The zero-order valence-electron chi connectivity index (χ0n) is 17.1. The van der Waals surface area contributed by atoms with Crippen LogP contribution in [0.2, 0.25) is 0 Å². The number of carbonyl (C=O) groups excluding carboxylic acids is 1. The van der Waals surface area contributed by atoms with E-state index in [-0.39, 0.29) is 29.5 Å². The van der Waals surface area contributed by atoms with Crippen molar-refractivity contribution in [1.82, 2.24) is 10.0 Å². The van der Waals surface area contributed by atoms with Crippen molar-refractivity contribution in [3.8, 4) is 0 Å². The molecule has 4 rings (SSSR count). The smallest absolute Gasteiger partial charge is 0.251 e. The number of hydrogen-bond acceptors (Lipinski definition) is 4. The third kappa shape index (κ3) is 5.31. The molecule has 1 aliphatic rings. The second-order valence-corrected chi connectivity index (χ2v) is 9.78. The average molecular weight is 439 g/mol. The summed E-state index contributed by atoms with van der Waals surface area (Å²) in [5, 5.41) is 14.4. The van der Waals surface area contributed by atoms with Gasteiger partial charge in [-0.25, -0.2) is 13.1 Å². The lowest BCUT2D eigenvalue weighted by Gasteiger charge is -2.26. The van der Waals surface area contributed by atoms with Gasteiger partial charge in [-0.05, 0) is 66.3 Å². The van der Waals surface area contributed by atoms with E-state index in [9.17, 15) is 18.3 Å². The quantitative estimate of drug-likeness (QED) is 0.550. The zero-order valence-corrected chi connectivity index (χ0v) is 17.9. The van der Waals surface area contributed by atoms with Gasteiger partial charge in [-0.2, -0.15) is 0 Å². The molecule has 0 radical (unpaired) electrons. The highest BCUT2D eigenvalue weighted by Gasteiger charge is 2.21. The molecular formula is C24H26N2O4S. The van der Waals surface area contributed by atoms with Crippen LogP contribution in [-0.4, -0.2) is 31.6 Å². The third-order valence-electron chi connectivity index (χ3n) is 5.75. The van der Waals surface area contributed by atoms with Gasteiger partial charge in [-0.3, -0.25) is 4.79 Å². The first-order valence-electron chi connectivity index (χ1n) is 10.5. The summed E-state index contributed by atoms with van der Waals surface area (Å²) in [5.74, 6) is -0.148. The zero-order chi connectivity index (χ0) is 21.8. The Morgan fingerprint density at radius 3 is 2.29 bits per heavy atom. The summed E-state index contributed by atoms with van der Waals surface area (Å²) in [7, 11) is -3.65. The van der Waals surface area contributed by atoms with Crippen LogP contribution in [0.4, 0.5) is 0 Å². The lowest BCUT2D eigenvalue weighted by atomic mass is 9.93. The maximum absolute atomic E-state index is 12.7. The van der Waals surface area contributed by atoms with Crippen LogP contribution in [0.3, 0.4) is 0 Å². The van der Waals surface area contributed by atoms with E-state index in [2.05, 4.69) is 10.0 Å². The average Bonchev–Trinajstić information content (AvgIpc) is 2.79. The Kier molecular flexibility index (Phi) is 6.36. The number of sulfonamides is 1. The summed E-state index contributed by atoms with van der Waals surface area (Å²) < 4.78 is 28.0. The largest absolute Gasteiger partial charge is 0.393 e. The molecule has 1 saturated carbocycles. The molecule has 6 nitrogen and oxygen atoms in total. The van der Waals surface area contributed by atoms with Crippen LogP contribution in [0.15, 0.2) is 71.6 Å². The Bertz CT molecular complexity index is 1170. The third-order valence-corrected chi connectivity index (χ3v) is 7.14. The van der Waals surface area contributed by atoms with Crippen LogP contribution in [0.1, 0.15) is 41.6 Å². The van der Waals surface area contributed by atoms with Crippen LogP contribution in [0.5, 0.6) is 0 Å². The summed E-state index contributed by atoms with van der Waals surface area (Å²) in [5.41, 5.74) is 1.30. The molecule has 3 aromatic carbocycles. The van der Waals surface area contributed by atoms with Crippen LogP contribution < -0.4 is 10.0 Å². The van der Waals surface area contributed by atoms with Gasteiger partial charge in [0.05, 0.1) is 11.0 Å². The normalized spacial score (nSPS) is 19.3. The summed E-state index contributed by atoms with van der Waals surface area (Å²) >= 11 is 0. The Balaban J connectivity index is 1.36. The minimum Gasteiger partial charge on any atom is -0.393 e. The SMILES string of the molecule is O=C(NC1CCC(O)CC1)c1ccc(CNS(=O)(=O)c2ccc3ccccc3c2)cc1. The fourth-order valence-electron chi connectivity index (χ4n) is 3.86. The summed E-state index contributed by atoms with van der Waals surface area (Å²) in [6, 6.07) is 19.7. The predicted octanol–water partition coefficient (Wildman–Crippen LogP) is 3.35. The molecule has 0 unspecified atom stereocenters. The number of fused-ring (bicyclic) bond motifs is 1. The van der Waals surface area contributed by atoms with Gasteiger partial charge in [0.1, 0.15) is 0 Å². The van der Waals surface area contributed by atoms with Crippen molar-refractivity contribution in [3.63, 3.8) is 0 Å². The minimum absolute atomic E-state index is 0.0874. The van der Waals surface area contributed by atoms with Gasteiger partial charge in [0, 0.05) is 18.2 Å². The lowest BCUT2D eigenvalue weighted by molar-refractivity contribution is 0.0867. The number of aliphatic hydroxyl groups excluding tert-OH is 1. The van der Waals surface area contributed by atoms with Gasteiger partial charge < -0.3 is 10.4 Å². The van der Waals surface area contributed by atoms with Gasteiger partial charge >= 0.3 is 0 Å². The molecule has 0 bridgehead atoms. The van der Waals surface area contributed by atoms with Gasteiger partial charge in [-0.15, -0.1) is 0 Å². The number of benzene rings is 3. The number of carbonyl (C=O) groups is 1. The second kappa shape index (κ2) is 9.18. The molecule has 0 heterocycles. The van der Waals surface area contributed by atoms with Crippen LogP contribution >= 0.6 is 0 Å². The maximum atomic E-state index is 12.7. The number of rotatable bonds is 6. The van der Waals surface area contributed by atoms with Gasteiger partial charge in [-0.1, -0.05) is 42.5 Å². The van der Waals surface area contributed by atoms with Crippen molar-refractivity contribution in [3.05, 3.63) is 77.9 Å². The molecule has 0 aromatic heterocycles. The standard InChI is InChI=1S/C24H26N2O4S/c27-22-12-10-21(11-13-22)26-24(28)19-7-5-17(6-8-19)16-25-31(29,30)23-14-9-18-3-1-2-4-20(18)15-23/h1-9,14-15,21-22,25,27H,10-13,16H2,(H,26,28). The molecule has 7 heteroatoms. The van der Waals surface area contributed by atoms with E-state index in [4.69, 9.17) is 0 Å². The second-order valence-electron chi connectivity index (χ2n) is 8.01. The fraction of sp³-hybridized carbons (Fsp3) is 0.292. The topological polar surface area (TPSA) is 95.5 Å². The van der Waals surface area contributed by atoms with Crippen molar-refractivity contribution in [2.24, 2.45) is 0 Å². The Morgan fingerprint density at radius 1 is 0.903 bits per heavy atom. The first-order chi connectivity index (χ1) is 14.9. The van der Waals surface area contributed by atoms with Gasteiger partial charge in [0.2, 0.25) is 10.0 Å². The molecule has 0 spiro atoms. The molecule has 3 aromatic rings. The van der Waals surface area contributed by atoms with Crippen molar-refractivity contribution < 1.29 is 18.3 Å². The monoisotopic (exact) mass is 438 g/mol. The number of amides is 1. The summed E-state index contributed by atoms with van der Waals surface area (Å²) in [6.45, 7) is 0.136. The highest BCUT2D eigenvalue weighted by Crippen LogP contribution is 2.20. The van der Waals surface area contributed by atoms with Gasteiger partial charge in [0.15, 0.2) is 0 Å². The molecule has 1 amide bonds.